The minimum absolute atomic E-state index is 0.109. The summed E-state index contributed by atoms with van der Waals surface area (Å²) in [5.74, 6) is 0.0150. The highest BCUT2D eigenvalue weighted by molar-refractivity contribution is 8.03. The Kier molecular flexibility index (Phi) is 6.40. The van der Waals surface area contributed by atoms with Crippen LogP contribution in [0.5, 0.6) is 0 Å². The first-order valence-electron chi connectivity index (χ1n) is 7.33. The second-order valence-electron chi connectivity index (χ2n) is 5.00. The van der Waals surface area contributed by atoms with Crippen LogP contribution < -0.4 is 0 Å². The molecule has 2 rings (SSSR count). The van der Waals surface area contributed by atoms with E-state index in [1.807, 2.05) is 0 Å². The van der Waals surface area contributed by atoms with Crippen molar-refractivity contribution in [3.8, 4) is 0 Å². The van der Waals surface area contributed by atoms with Gasteiger partial charge in [0.1, 0.15) is 0 Å². The average molecular weight is 394 g/mol. The summed E-state index contributed by atoms with van der Waals surface area (Å²) in [6, 6.07) is 0.835. The third-order valence-electron chi connectivity index (χ3n) is 3.16. The number of esters is 1. The summed E-state index contributed by atoms with van der Waals surface area (Å²) in [7, 11) is 0. The van der Waals surface area contributed by atoms with Crippen molar-refractivity contribution in [3.05, 3.63) is 45.8 Å². The molecule has 25 heavy (non-hydrogen) atoms. The van der Waals surface area contributed by atoms with Gasteiger partial charge in [-0.25, -0.2) is 4.79 Å². The lowest BCUT2D eigenvalue weighted by Gasteiger charge is -2.18. The smallest absolute Gasteiger partial charge is 0.417 e. The van der Waals surface area contributed by atoms with Crippen molar-refractivity contribution in [2.75, 3.05) is 12.4 Å². The third-order valence-corrected chi connectivity index (χ3v) is 4.28. The highest BCUT2D eigenvalue weighted by Gasteiger charge is 2.32. The number of nitrogens with zero attached hydrogens (tertiary/aromatic N) is 1. The Morgan fingerprint density at radius 2 is 2.20 bits per heavy atom. The Labute approximate surface area is 152 Å². The van der Waals surface area contributed by atoms with Gasteiger partial charge in [0.05, 0.1) is 22.9 Å². The van der Waals surface area contributed by atoms with Gasteiger partial charge in [0.2, 0.25) is 0 Å². The van der Waals surface area contributed by atoms with E-state index in [1.54, 1.807) is 26.0 Å². The molecule has 0 saturated heterocycles. The molecule has 0 saturated carbocycles. The maximum absolute atomic E-state index is 12.7. The molecule has 0 N–H and O–H groups in total. The first-order valence-corrected chi connectivity index (χ1v) is 8.69. The number of halogens is 4. The van der Waals surface area contributed by atoms with Crippen LogP contribution in [0, 0.1) is 0 Å². The lowest BCUT2D eigenvalue weighted by molar-refractivity contribution is -0.152. The van der Waals surface area contributed by atoms with E-state index in [2.05, 4.69) is 4.98 Å². The van der Waals surface area contributed by atoms with E-state index < -0.39 is 23.8 Å². The second-order valence-corrected chi connectivity index (χ2v) is 6.43. The first kappa shape index (κ1) is 19.7. The predicted octanol–water partition coefficient (Wildman–Crippen LogP) is 4.69. The average Bonchev–Trinajstić information content (AvgIpc) is 2.54. The Morgan fingerprint density at radius 3 is 2.80 bits per heavy atom. The Morgan fingerprint density at radius 1 is 1.48 bits per heavy atom. The molecule has 0 bridgehead atoms. The molecule has 1 unspecified atom stereocenters. The second kappa shape index (κ2) is 8.14. The summed E-state index contributed by atoms with van der Waals surface area (Å²) in [4.78, 5) is 15.4. The van der Waals surface area contributed by atoms with Gasteiger partial charge in [-0.05, 0) is 26.0 Å². The van der Waals surface area contributed by atoms with E-state index in [0.29, 0.717) is 16.4 Å². The SMILES string of the molecule is CCOC(=O)C(C)OC1=CC(c2ncc(C(F)(F)F)cc2Cl)=CCS1. The molecule has 1 atom stereocenters. The maximum atomic E-state index is 12.7. The Bertz CT molecular complexity index is 719. The van der Waals surface area contributed by atoms with E-state index in [0.717, 1.165) is 12.3 Å². The van der Waals surface area contributed by atoms with E-state index in [1.165, 1.54) is 11.8 Å². The van der Waals surface area contributed by atoms with Gasteiger partial charge in [0.25, 0.3) is 0 Å². The fourth-order valence-corrected chi connectivity index (χ4v) is 3.09. The van der Waals surface area contributed by atoms with Crippen LogP contribution in [0.25, 0.3) is 5.57 Å². The van der Waals surface area contributed by atoms with Crippen LogP contribution in [0.2, 0.25) is 5.02 Å². The molecule has 1 aliphatic rings. The zero-order valence-corrected chi connectivity index (χ0v) is 15.0. The molecule has 0 aliphatic carbocycles. The number of hydrogen-bond donors (Lipinski definition) is 0. The van der Waals surface area contributed by atoms with Gasteiger partial charge < -0.3 is 9.47 Å². The number of carbonyl (C=O) groups excluding carboxylic acids is 1. The molecule has 0 aromatic carbocycles. The van der Waals surface area contributed by atoms with Gasteiger partial charge in [0.15, 0.2) is 11.2 Å². The normalized spacial score (nSPS) is 15.9. The quantitative estimate of drug-likeness (QED) is 0.679. The highest BCUT2D eigenvalue weighted by atomic mass is 35.5. The number of allylic oxidation sites excluding steroid dienone is 2. The number of hydrogen-bond acceptors (Lipinski definition) is 5. The summed E-state index contributed by atoms with van der Waals surface area (Å²) < 4.78 is 48.5. The van der Waals surface area contributed by atoms with Gasteiger partial charge in [0, 0.05) is 17.5 Å². The molecule has 1 aromatic heterocycles. The highest BCUT2D eigenvalue weighted by Crippen LogP contribution is 2.35. The summed E-state index contributed by atoms with van der Waals surface area (Å²) in [5.41, 5.74) is -0.160. The largest absolute Gasteiger partial charge is 0.473 e. The number of aromatic nitrogens is 1. The summed E-state index contributed by atoms with van der Waals surface area (Å²) in [6.07, 6.45) is -1.21. The van der Waals surface area contributed by atoms with Gasteiger partial charge in [-0.1, -0.05) is 29.4 Å². The van der Waals surface area contributed by atoms with Crippen molar-refractivity contribution in [2.45, 2.75) is 26.1 Å². The van der Waals surface area contributed by atoms with Crippen LogP contribution in [0.1, 0.15) is 25.1 Å². The van der Waals surface area contributed by atoms with Gasteiger partial charge in [-0.2, -0.15) is 13.2 Å². The molecule has 2 heterocycles. The van der Waals surface area contributed by atoms with Gasteiger partial charge in [-0.15, -0.1) is 0 Å². The van der Waals surface area contributed by atoms with Crippen LogP contribution >= 0.6 is 23.4 Å². The van der Waals surface area contributed by atoms with Crippen LogP contribution in [-0.4, -0.2) is 29.4 Å². The molecule has 0 spiro atoms. The number of thioether (sulfide) groups is 1. The van der Waals surface area contributed by atoms with Crippen molar-refractivity contribution in [3.63, 3.8) is 0 Å². The maximum Gasteiger partial charge on any atom is 0.417 e. The topological polar surface area (TPSA) is 48.4 Å². The van der Waals surface area contributed by atoms with E-state index in [-0.39, 0.29) is 17.3 Å². The molecule has 1 aliphatic heterocycles. The lowest BCUT2D eigenvalue weighted by Crippen LogP contribution is -2.23. The zero-order chi connectivity index (χ0) is 18.6. The molecule has 0 fully saturated rings. The van der Waals surface area contributed by atoms with E-state index in [4.69, 9.17) is 21.1 Å². The van der Waals surface area contributed by atoms with E-state index >= 15 is 0 Å². The minimum atomic E-state index is -4.51. The summed E-state index contributed by atoms with van der Waals surface area (Å²) in [5, 5.41) is 0.331. The molecule has 4 nitrogen and oxygen atoms in total. The summed E-state index contributed by atoms with van der Waals surface area (Å²) in [6.45, 7) is 3.49. The predicted molar refractivity (Wildman–Crippen MR) is 89.9 cm³/mol. The Hall–Kier alpha value is -1.67. The molecule has 0 amide bonds. The van der Waals surface area contributed by atoms with Crippen molar-refractivity contribution in [1.82, 2.24) is 4.98 Å². The first-order chi connectivity index (χ1) is 11.7. The van der Waals surface area contributed by atoms with Crippen molar-refractivity contribution in [1.29, 1.82) is 0 Å². The molecule has 0 radical (unpaired) electrons. The zero-order valence-electron chi connectivity index (χ0n) is 13.4. The third kappa shape index (κ3) is 5.15. The van der Waals surface area contributed by atoms with Crippen LogP contribution in [0.3, 0.4) is 0 Å². The number of ether oxygens (including phenoxy) is 2. The number of pyridine rings is 1. The van der Waals surface area contributed by atoms with Crippen molar-refractivity contribution in [2.24, 2.45) is 0 Å². The lowest BCUT2D eigenvalue weighted by atomic mass is 10.1. The van der Waals surface area contributed by atoms with Crippen LogP contribution in [0.15, 0.2) is 29.5 Å². The standard InChI is InChI=1S/C16H15ClF3NO3S/c1-3-23-15(22)9(2)24-13-6-10(4-5-25-13)14-12(17)7-11(8-21-14)16(18,19)20/h4,6-9H,3,5H2,1-2H3. The van der Waals surface area contributed by atoms with Gasteiger partial charge >= 0.3 is 12.1 Å². The van der Waals surface area contributed by atoms with Crippen molar-refractivity contribution >= 4 is 34.9 Å². The van der Waals surface area contributed by atoms with Gasteiger partial charge in [-0.3, -0.25) is 4.98 Å². The minimum Gasteiger partial charge on any atom is -0.473 e. The monoisotopic (exact) mass is 393 g/mol. The van der Waals surface area contributed by atoms with Crippen molar-refractivity contribution < 1.29 is 27.4 Å². The number of carbonyl (C=O) groups is 1. The molecular formula is C16H15ClF3NO3S. The summed E-state index contributed by atoms with van der Waals surface area (Å²) >= 11 is 7.30. The number of alkyl halides is 3. The molecule has 136 valence electrons. The Balaban J connectivity index is 2.19. The fourth-order valence-electron chi connectivity index (χ4n) is 1.96. The number of rotatable bonds is 5. The van der Waals surface area contributed by atoms with Crippen LogP contribution in [-0.2, 0) is 20.4 Å². The van der Waals surface area contributed by atoms with E-state index in [9.17, 15) is 18.0 Å². The molecular weight excluding hydrogens is 379 g/mol. The fraction of sp³-hybridized carbons (Fsp3) is 0.375. The molecule has 9 heteroatoms. The molecule has 1 aromatic rings. The van der Waals surface area contributed by atoms with Crippen LogP contribution in [0.4, 0.5) is 13.2 Å².